The third-order valence-electron chi connectivity index (χ3n) is 3.05. The highest BCUT2D eigenvalue weighted by Gasteiger charge is 2.18. The molecule has 1 aromatic heterocycles. The molecule has 2 atom stereocenters. The summed E-state index contributed by atoms with van der Waals surface area (Å²) in [6.45, 7) is 5.70. The molecular formula is C13H20FN3O2. The van der Waals surface area contributed by atoms with E-state index >= 15 is 0 Å². The predicted octanol–water partition coefficient (Wildman–Crippen LogP) is 1.78. The van der Waals surface area contributed by atoms with Crippen molar-refractivity contribution >= 4 is 5.82 Å². The first-order chi connectivity index (χ1) is 9.20. The summed E-state index contributed by atoms with van der Waals surface area (Å²) in [5, 5.41) is 3.02. The lowest BCUT2D eigenvalue weighted by molar-refractivity contribution is 0.0394. The monoisotopic (exact) mass is 269 g/mol. The van der Waals surface area contributed by atoms with Gasteiger partial charge in [-0.2, -0.15) is 0 Å². The molecule has 0 bridgehead atoms. The SMILES string of the molecule is CCc1ncnc(N[C@H](C)CO[C@H]2CCOC2)c1F. The van der Waals surface area contributed by atoms with Crippen molar-refractivity contribution in [2.45, 2.75) is 38.8 Å². The standard InChI is InChI=1S/C13H20FN3O2/c1-3-11-12(14)13(16-8-15-11)17-9(2)6-19-10-4-5-18-7-10/h8-10H,3-7H2,1-2H3,(H,15,16,17)/t9-,10+/m1/s1. The van der Waals surface area contributed by atoms with E-state index in [0.29, 0.717) is 25.3 Å². The van der Waals surface area contributed by atoms with Crippen molar-refractivity contribution in [1.29, 1.82) is 0 Å². The summed E-state index contributed by atoms with van der Waals surface area (Å²) in [4.78, 5) is 7.83. The quantitative estimate of drug-likeness (QED) is 0.853. The van der Waals surface area contributed by atoms with E-state index in [0.717, 1.165) is 13.0 Å². The number of nitrogens with one attached hydrogen (secondary N) is 1. The Hall–Kier alpha value is -1.27. The molecule has 0 radical (unpaired) electrons. The highest BCUT2D eigenvalue weighted by atomic mass is 19.1. The highest BCUT2D eigenvalue weighted by Crippen LogP contribution is 2.15. The number of nitrogens with zero attached hydrogens (tertiary/aromatic N) is 2. The number of rotatable bonds is 6. The van der Waals surface area contributed by atoms with Crippen LogP contribution in [0.15, 0.2) is 6.33 Å². The molecule has 0 saturated carbocycles. The molecule has 0 unspecified atom stereocenters. The summed E-state index contributed by atoms with van der Waals surface area (Å²) in [7, 11) is 0. The van der Waals surface area contributed by atoms with E-state index < -0.39 is 0 Å². The number of aromatic nitrogens is 2. The van der Waals surface area contributed by atoms with Gasteiger partial charge in [-0.15, -0.1) is 0 Å². The second kappa shape index (κ2) is 6.77. The van der Waals surface area contributed by atoms with E-state index in [2.05, 4.69) is 15.3 Å². The molecule has 2 rings (SSSR count). The summed E-state index contributed by atoms with van der Waals surface area (Å²) in [6, 6.07) is -0.0188. The third kappa shape index (κ3) is 3.84. The van der Waals surface area contributed by atoms with Crippen molar-refractivity contribution in [1.82, 2.24) is 9.97 Å². The smallest absolute Gasteiger partial charge is 0.186 e. The average Bonchev–Trinajstić information content (AvgIpc) is 2.92. The topological polar surface area (TPSA) is 56.3 Å². The van der Waals surface area contributed by atoms with Gasteiger partial charge in [0.15, 0.2) is 11.6 Å². The van der Waals surface area contributed by atoms with Gasteiger partial charge in [-0.05, 0) is 19.8 Å². The maximum absolute atomic E-state index is 13.9. The van der Waals surface area contributed by atoms with Gasteiger partial charge >= 0.3 is 0 Å². The van der Waals surface area contributed by atoms with Crippen molar-refractivity contribution in [3.63, 3.8) is 0 Å². The van der Waals surface area contributed by atoms with Crippen LogP contribution in [0.5, 0.6) is 0 Å². The number of anilines is 1. The van der Waals surface area contributed by atoms with Crippen LogP contribution in [0.1, 0.15) is 26.0 Å². The van der Waals surface area contributed by atoms with Crippen LogP contribution < -0.4 is 5.32 Å². The molecule has 2 heterocycles. The average molecular weight is 269 g/mol. The third-order valence-corrected chi connectivity index (χ3v) is 3.05. The maximum atomic E-state index is 13.9. The van der Waals surface area contributed by atoms with Crippen LogP contribution in [0.2, 0.25) is 0 Å². The number of halogens is 1. The molecule has 1 aliphatic rings. The largest absolute Gasteiger partial charge is 0.379 e. The first-order valence-electron chi connectivity index (χ1n) is 6.66. The molecule has 0 aliphatic carbocycles. The van der Waals surface area contributed by atoms with Crippen molar-refractivity contribution in [3.8, 4) is 0 Å². The number of ether oxygens (including phenoxy) is 2. The minimum atomic E-state index is -0.374. The fourth-order valence-corrected chi connectivity index (χ4v) is 1.95. The molecule has 106 valence electrons. The van der Waals surface area contributed by atoms with Gasteiger partial charge in [-0.3, -0.25) is 0 Å². The fraction of sp³-hybridized carbons (Fsp3) is 0.692. The Morgan fingerprint density at radius 1 is 1.58 bits per heavy atom. The van der Waals surface area contributed by atoms with E-state index in [1.54, 1.807) is 0 Å². The van der Waals surface area contributed by atoms with Crippen LogP contribution in [0.25, 0.3) is 0 Å². The van der Waals surface area contributed by atoms with E-state index in [-0.39, 0.29) is 23.8 Å². The summed E-state index contributed by atoms with van der Waals surface area (Å²) in [5.74, 6) is -0.133. The van der Waals surface area contributed by atoms with E-state index in [9.17, 15) is 4.39 Å². The van der Waals surface area contributed by atoms with E-state index in [1.807, 2.05) is 13.8 Å². The second-order valence-electron chi connectivity index (χ2n) is 4.70. The molecule has 1 fully saturated rings. The van der Waals surface area contributed by atoms with Crippen LogP contribution in [-0.4, -0.2) is 41.9 Å². The summed E-state index contributed by atoms with van der Waals surface area (Å²) in [5.41, 5.74) is 0.426. The van der Waals surface area contributed by atoms with Gasteiger partial charge < -0.3 is 14.8 Å². The van der Waals surface area contributed by atoms with Gasteiger partial charge in [-0.1, -0.05) is 6.92 Å². The molecule has 6 heteroatoms. The summed E-state index contributed by atoms with van der Waals surface area (Å²) in [6.07, 6.45) is 3.01. The first-order valence-corrected chi connectivity index (χ1v) is 6.66. The molecule has 1 N–H and O–H groups in total. The predicted molar refractivity (Wildman–Crippen MR) is 69.6 cm³/mol. The molecule has 1 saturated heterocycles. The van der Waals surface area contributed by atoms with Gasteiger partial charge in [0.05, 0.1) is 25.0 Å². The highest BCUT2D eigenvalue weighted by molar-refractivity contribution is 5.38. The molecule has 1 aliphatic heterocycles. The molecule has 0 aromatic carbocycles. The molecule has 5 nitrogen and oxygen atoms in total. The van der Waals surface area contributed by atoms with E-state index in [4.69, 9.17) is 9.47 Å². The van der Waals surface area contributed by atoms with Crippen molar-refractivity contribution < 1.29 is 13.9 Å². The molecular weight excluding hydrogens is 249 g/mol. The lowest BCUT2D eigenvalue weighted by Crippen LogP contribution is -2.27. The Morgan fingerprint density at radius 2 is 2.42 bits per heavy atom. The lowest BCUT2D eigenvalue weighted by atomic mass is 10.3. The zero-order valence-corrected chi connectivity index (χ0v) is 11.4. The second-order valence-corrected chi connectivity index (χ2v) is 4.70. The zero-order chi connectivity index (χ0) is 13.7. The van der Waals surface area contributed by atoms with Crippen molar-refractivity contribution in [3.05, 3.63) is 17.8 Å². The molecule has 1 aromatic rings. The first kappa shape index (κ1) is 14.1. The summed E-state index contributed by atoms with van der Waals surface area (Å²) < 4.78 is 24.8. The molecule has 0 spiro atoms. The van der Waals surface area contributed by atoms with Crippen LogP contribution in [0.4, 0.5) is 10.2 Å². The van der Waals surface area contributed by atoms with Gasteiger partial charge in [0.1, 0.15) is 6.33 Å². The van der Waals surface area contributed by atoms with Gasteiger partial charge in [-0.25, -0.2) is 14.4 Å². The van der Waals surface area contributed by atoms with Crippen LogP contribution in [-0.2, 0) is 15.9 Å². The fourth-order valence-electron chi connectivity index (χ4n) is 1.95. The normalized spacial score (nSPS) is 20.5. The minimum absolute atomic E-state index is 0.0188. The van der Waals surface area contributed by atoms with Crippen LogP contribution in [0, 0.1) is 5.82 Å². The Labute approximate surface area is 112 Å². The Morgan fingerprint density at radius 3 is 3.11 bits per heavy atom. The van der Waals surface area contributed by atoms with Crippen LogP contribution in [0.3, 0.4) is 0 Å². The Kier molecular flexibility index (Phi) is 5.04. The maximum Gasteiger partial charge on any atom is 0.186 e. The van der Waals surface area contributed by atoms with Gasteiger partial charge in [0, 0.05) is 12.6 Å². The number of hydrogen-bond donors (Lipinski definition) is 1. The summed E-state index contributed by atoms with van der Waals surface area (Å²) >= 11 is 0. The van der Waals surface area contributed by atoms with Crippen molar-refractivity contribution in [2.24, 2.45) is 0 Å². The molecule has 0 amide bonds. The number of hydrogen-bond acceptors (Lipinski definition) is 5. The van der Waals surface area contributed by atoms with Gasteiger partial charge in [0.2, 0.25) is 0 Å². The zero-order valence-electron chi connectivity index (χ0n) is 11.4. The van der Waals surface area contributed by atoms with Crippen LogP contribution >= 0.6 is 0 Å². The Bertz CT molecular complexity index is 411. The lowest BCUT2D eigenvalue weighted by Gasteiger charge is -2.18. The minimum Gasteiger partial charge on any atom is -0.379 e. The van der Waals surface area contributed by atoms with E-state index in [1.165, 1.54) is 6.33 Å². The molecule has 19 heavy (non-hydrogen) atoms. The number of aryl methyl sites for hydroxylation is 1. The van der Waals surface area contributed by atoms with Gasteiger partial charge in [0.25, 0.3) is 0 Å². The Balaban J connectivity index is 1.85. The van der Waals surface area contributed by atoms with Crippen molar-refractivity contribution in [2.75, 3.05) is 25.1 Å².